The lowest BCUT2D eigenvalue weighted by atomic mass is 10.5. The van der Waals surface area contributed by atoms with Crippen LogP contribution in [0.3, 0.4) is 0 Å². The Hall–Kier alpha value is -0.680. The fraction of sp³-hybridized carbons (Fsp3) is 0.667. The van der Waals surface area contributed by atoms with Gasteiger partial charge in [0.25, 0.3) is 0 Å². The molecule has 0 aliphatic carbocycles. The van der Waals surface area contributed by atoms with Crippen LogP contribution in [-0.2, 0) is 0 Å². The third kappa shape index (κ3) is 2.13. The average Bonchev–Trinajstić information content (AvgIpc) is 2.52. The Morgan fingerprint density at radius 2 is 2.55 bits per heavy atom. The molecule has 0 saturated carbocycles. The van der Waals surface area contributed by atoms with Crippen molar-refractivity contribution >= 4 is 16.5 Å². The van der Waals surface area contributed by atoms with Gasteiger partial charge in [-0.3, -0.25) is 0 Å². The van der Waals surface area contributed by atoms with Crippen LogP contribution < -0.4 is 10.6 Å². The first kappa shape index (κ1) is 8.42. The molecule has 0 radical (unpaired) electrons. The average molecular weight is 172 g/mol. The Labute approximate surface area is 70.0 Å². The van der Waals surface area contributed by atoms with Gasteiger partial charge in [0.05, 0.1) is 0 Å². The van der Waals surface area contributed by atoms with E-state index in [9.17, 15) is 0 Å². The second kappa shape index (κ2) is 4.25. The van der Waals surface area contributed by atoms with Crippen molar-refractivity contribution in [2.24, 2.45) is 5.73 Å². The van der Waals surface area contributed by atoms with Gasteiger partial charge in [0.1, 0.15) is 5.51 Å². The van der Waals surface area contributed by atoms with Gasteiger partial charge < -0.3 is 10.6 Å². The smallest absolute Gasteiger partial charge is 0.208 e. The highest BCUT2D eigenvalue weighted by molar-refractivity contribution is 7.13. The van der Waals surface area contributed by atoms with Crippen molar-refractivity contribution in [2.75, 3.05) is 24.5 Å². The van der Waals surface area contributed by atoms with Crippen molar-refractivity contribution in [3.63, 3.8) is 0 Å². The van der Waals surface area contributed by atoms with Crippen LogP contribution in [-0.4, -0.2) is 29.8 Å². The highest BCUT2D eigenvalue weighted by Crippen LogP contribution is 2.13. The molecule has 0 bridgehead atoms. The zero-order chi connectivity index (χ0) is 8.10. The van der Waals surface area contributed by atoms with Crippen molar-refractivity contribution in [3.8, 4) is 0 Å². The van der Waals surface area contributed by atoms with Crippen molar-refractivity contribution < 1.29 is 0 Å². The number of nitrogens with zero attached hydrogens (tertiary/aromatic N) is 3. The van der Waals surface area contributed by atoms with E-state index in [1.165, 1.54) is 0 Å². The van der Waals surface area contributed by atoms with Crippen molar-refractivity contribution in [1.82, 2.24) is 10.2 Å². The zero-order valence-electron chi connectivity index (χ0n) is 6.53. The second-order valence-corrected chi connectivity index (χ2v) is 2.90. The number of hydrogen-bond acceptors (Lipinski definition) is 5. The van der Waals surface area contributed by atoms with Crippen LogP contribution in [0.25, 0.3) is 0 Å². The Morgan fingerprint density at radius 3 is 3.00 bits per heavy atom. The molecule has 1 aromatic heterocycles. The molecule has 1 rings (SSSR count). The molecule has 0 saturated heterocycles. The van der Waals surface area contributed by atoms with Gasteiger partial charge in [-0.25, -0.2) is 0 Å². The lowest BCUT2D eigenvalue weighted by molar-refractivity contribution is 0.803. The number of nitrogens with two attached hydrogens (primary N) is 1. The van der Waals surface area contributed by atoms with Gasteiger partial charge in [-0.1, -0.05) is 11.3 Å². The van der Waals surface area contributed by atoms with Crippen molar-refractivity contribution in [2.45, 2.75) is 6.92 Å². The van der Waals surface area contributed by atoms with Gasteiger partial charge in [0.15, 0.2) is 0 Å². The summed E-state index contributed by atoms with van der Waals surface area (Å²) in [5.74, 6) is 0. The van der Waals surface area contributed by atoms with E-state index in [4.69, 9.17) is 5.73 Å². The molecule has 0 unspecified atom stereocenters. The maximum atomic E-state index is 5.43. The van der Waals surface area contributed by atoms with Gasteiger partial charge in [-0.15, -0.1) is 10.2 Å². The summed E-state index contributed by atoms with van der Waals surface area (Å²) in [6, 6.07) is 0. The van der Waals surface area contributed by atoms with Gasteiger partial charge in [0.2, 0.25) is 5.13 Å². The molecule has 0 amide bonds. The lowest BCUT2D eigenvalue weighted by Gasteiger charge is -2.17. The molecule has 0 aromatic carbocycles. The highest BCUT2D eigenvalue weighted by Gasteiger charge is 2.04. The fourth-order valence-corrected chi connectivity index (χ4v) is 1.50. The molecular weight excluding hydrogens is 160 g/mol. The van der Waals surface area contributed by atoms with Crippen LogP contribution in [0.4, 0.5) is 5.13 Å². The largest absolute Gasteiger partial charge is 0.346 e. The van der Waals surface area contributed by atoms with Crippen LogP contribution in [0.2, 0.25) is 0 Å². The standard InChI is InChI=1S/C6H12N4S/c1-2-10(4-3-7)6-9-8-5-11-6/h5H,2-4,7H2,1H3. The first-order chi connectivity index (χ1) is 5.38. The molecule has 0 spiro atoms. The minimum absolute atomic E-state index is 0.660. The van der Waals surface area contributed by atoms with Crippen LogP contribution in [0.15, 0.2) is 5.51 Å². The number of hydrogen-bond donors (Lipinski definition) is 1. The highest BCUT2D eigenvalue weighted by atomic mass is 32.1. The van der Waals surface area contributed by atoms with Crippen LogP contribution in [0.5, 0.6) is 0 Å². The Kier molecular flexibility index (Phi) is 3.25. The molecule has 4 nitrogen and oxygen atoms in total. The molecule has 11 heavy (non-hydrogen) atoms. The van der Waals surface area contributed by atoms with E-state index in [0.29, 0.717) is 6.54 Å². The van der Waals surface area contributed by atoms with E-state index < -0.39 is 0 Å². The number of likely N-dealkylation sites (N-methyl/N-ethyl adjacent to an activating group) is 1. The quantitative estimate of drug-likeness (QED) is 0.710. The molecule has 0 aliphatic heterocycles. The Bertz CT molecular complexity index is 186. The fourth-order valence-electron chi connectivity index (χ4n) is 0.850. The van der Waals surface area contributed by atoms with Gasteiger partial charge in [0, 0.05) is 19.6 Å². The molecule has 1 aromatic rings. The second-order valence-electron chi connectivity index (χ2n) is 2.09. The van der Waals surface area contributed by atoms with Crippen LogP contribution in [0.1, 0.15) is 6.92 Å². The molecule has 1 heterocycles. The molecule has 0 aliphatic rings. The SMILES string of the molecule is CCN(CCN)c1nncs1. The van der Waals surface area contributed by atoms with E-state index in [1.54, 1.807) is 16.8 Å². The molecule has 5 heteroatoms. The van der Waals surface area contributed by atoms with Crippen molar-refractivity contribution in [3.05, 3.63) is 5.51 Å². The first-order valence-electron chi connectivity index (χ1n) is 3.59. The van der Waals surface area contributed by atoms with Gasteiger partial charge in [-0.2, -0.15) is 0 Å². The summed E-state index contributed by atoms with van der Waals surface area (Å²) in [7, 11) is 0. The third-order valence-electron chi connectivity index (χ3n) is 1.40. The minimum Gasteiger partial charge on any atom is -0.346 e. The summed E-state index contributed by atoms with van der Waals surface area (Å²) >= 11 is 1.54. The summed E-state index contributed by atoms with van der Waals surface area (Å²) in [6.45, 7) is 4.53. The van der Waals surface area contributed by atoms with Gasteiger partial charge in [-0.05, 0) is 6.92 Å². The molecule has 2 N–H and O–H groups in total. The number of rotatable bonds is 4. The topological polar surface area (TPSA) is 55.0 Å². The van der Waals surface area contributed by atoms with E-state index in [2.05, 4.69) is 22.0 Å². The summed E-state index contributed by atoms with van der Waals surface area (Å²) in [6.07, 6.45) is 0. The van der Waals surface area contributed by atoms with E-state index >= 15 is 0 Å². The van der Waals surface area contributed by atoms with Crippen LogP contribution >= 0.6 is 11.3 Å². The van der Waals surface area contributed by atoms with Crippen LogP contribution in [0, 0.1) is 0 Å². The summed E-state index contributed by atoms with van der Waals surface area (Å²) in [5.41, 5.74) is 7.16. The number of anilines is 1. The lowest BCUT2D eigenvalue weighted by Crippen LogP contribution is -2.28. The Morgan fingerprint density at radius 1 is 1.73 bits per heavy atom. The molecule has 0 fully saturated rings. The van der Waals surface area contributed by atoms with E-state index in [-0.39, 0.29) is 0 Å². The Balaban J connectivity index is 2.56. The minimum atomic E-state index is 0.660. The van der Waals surface area contributed by atoms with Crippen molar-refractivity contribution in [1.29, 1.82) is 0 Å². The maximum absolute atomic E-state index is 5.43. The predicted octanol–water partition coefficient (Wildman–Crippen LogP) is 0.323. The molecular formula is C6H12N4S. The van der Waals surface area contributed by atoms with Gasteiger partial charge >= 0.3 is 0 Å². The van der Waals surface area contributed by atoms with E-state index in [1.807, 2.05) is 0 Å². The summed E-state index contributed by atoms with van der Waals surface area (Å²) in [4.78, 5) is 2.11. The maximum Gasteiger partial charge on any atom is 0.208 e. The molecule has 0 atom stereocenters. The zero-order valence-corrected chi connectivity index (χ0v) is 7.34. The monoisotopic (exact) mass is 172 g/mol. The molecule has 62 valence electrons. The normalized spacial score (nSPS) is 10.0. The third-order valence-corrected chi connectivity index (χ3v) is 2.15. The summed E-state index contributed by atoms with van der Waals surface area (Å²) in [5, 5.41) is 8.66. The number of aromatic nitrogens is 2. The summed E-state index contributed by atoms with van der Waals surface area (Å²) < 4.78 is 0. The van der Waals surface area contributed by atoms with E-state index in [0.717, 1.165) is 18.2 Å². The first-order valence-corrected chi connectivity index (χ1v) is 4.47. The predicted molar refractivity (Wildman–Crippen MR) is 46.9 cm³/mol.